The molecule has 2 nitrogen and oxygen atoms in total. The highest BCUT2D eigenvalue weighted by atomic mass is 16.5. The van der Waals surface area contributed by atoms with Crippen molar-refractivity contribution in [3.8, 4) is 0 Å². The van der Waals surface area contributed by atoms with Crippen LogP contribution in [0.4, 0.5) is 0 Å². The van der Waals surface area contributed by atoms with Crippen LogP contribution in [0.5, 0.6) is 0 Å². The second-order valence-corrected chi connectivity index (χ2v) is 5.55. The normalized spacial score (nSPS) is 13.7. The number of esters is 1. The molecule has 0 bridgehead atoms. The standard InChI is InChI=1S/C16H22.C3H6O2.C2H6/c1-3-9-15(10-4-1)11-5-2-6-12-16-13-7-8-14-16;1-3(4)5-2;1-2/h1,3-4,6,9-10,12,16H,2,5,7-8,11,13-14H2;1-2H3;1-2H3/b12-6+;;. The third-order valence-corrected chi connectivity index (χ3v) is 3.77. The maximum Gasteiger partial charge on any atom is 0.302 e. The van der Waals surface area contributed by atoms with Crippen LogP contribution >= 0.6 is 0 Å². The lowest BCUT2D eigenvalue weighted by molar-refractivity contribution is -0.137. The number of carbonyl (C=O) groups is 1. The van der Waals surface area contributed by atoms with Crippen molar-refractivity contribution in [3.05, 3.63) is 48.0 Å². The summed E-state index contributed by atoms with van der Waals surface area (Å²) < 4.78 is 4.11. The van der Waals surface area contributed by atoms with E-state index >= 15 is 0 Å². The maximum atomic E-state index is 9.59. The molecule has 0 N–H and O–H groups in total. The van der Waals surface area contributed by atoms with Gasteiger partial charge in [-0.1, -0.05) is 69.2 Å². The lowest BCUT2D eigenvalue weighted by atomic mass is 10.1. The summed E-state index contributed by atoms with van der Waals surface area (Å²) in [6.45, 7) is 5.36. The number of ether oxygens (including phenoxy) is 1. The molecule has 2 rings (SSSR count). The van der Waals surface area contributed by atoms with Gasteiger partial charge in [-0.3, -0.25) is 4.79 Å². The van der Waals surface area contributed by atoms with Gasteiger partial charge in [0.05, 0.1) is 7.11 Å². The van der Waals surface area contributed by atoms with Gasteiger partial charge in [-0.2, -0.15) is 0 Å². The van der Waals surface area contributed by atoms with Crippen molar-refractivity contribution in [3.63, 3.8) is 0 Å². The Morgan fingerprint density at radius 2 is 1.74 bits per heavy atom. The third-order valence-electron chi connectivity index (χ3n) is 3.77. The first-order chi connectivity index (χ1) is 11.2. The summed E-state index contributed by atoms with van der Waals surface area (Å²) in [6.07, 6.45) is 14.3. The van der Waals surface area contributed by atoms with Crippen molar-refractivity contribution in [2.45, 2.75) is 65.7 Å². The largest absolute Gasteiger partial charge is 0.469 e. The molecule has 0 heterocycles. The molecule has 0 spiro atoms. The van der Waals surface area contributed by atoms with E-state index in [4.69, 9.17) is 0 Å². The van der Waals surface area contributed by atoms with Crippen molar-refractivity contribution in [2.24, 2.45) is 5.92 Å². The number of methoxy groups -OCH3 is 1. The lowest BCUT2D eigenvalue weighted by Gasteiger charge is -2.01. The highest BCUT2D eigenvalue weighted by molar-refractivity contribution is 5.65. The van der Waals surface area contributed by atoms with E-state index in [1.165, 1.54) is 64.5 Å². The smallest absolute Gasteiger partial charge is 0.302 e. The van der Waals surface area contributed by atoms with Crippen LogP contribution in [-0.4, -0.2) is 13.1 Å². The summed E-state index contributed by atoms with van der Waals surface area (Å²) in [5.41, 5.74) is 1.47. The van der Waals surface area contributed by atoms with E-state index in [1.54, 1.807) is 0 Å². The molecular weight excluding hydrogens is 284 g/mol. The topological polar surface area (TPSA) is 26.3 Å². The zero-order valence-corrected chi connectivity index (χ0v) is 15.4. The van der Waals surface area contributed by atoms with Gasteiger partial charge in [0.25, 0.3) is 0 Å². The van der Waals surface area contributed by atoms with Crippen molar-refractivity contribution in [1.82, 2.24) is 0 Å². The van der Waals surface area contributed by atoms with Crippen LogP contribution in [0.15, 0.2) is 42.5 Å². The number of unbranched alkanes of at least 4 members (excludes halogenated alkanes) is 1. The Morgan fingerprint density at radius 1 is 1.17 bits per heavy atom. The first-order valence-electron chi connectivity index (χ1n) is 8.97. The van der Waals surface area contributed by atoms with Crippen LogP contribution in [0, 0.1) is 5.92 Å². The molecule has 0 saturated heterocycles. The van der Waals surface area contributed by atoms with Gasteiger partial charge >= 0.3 is 5.97 Å². The van der Waals surface area contributed by atoms with Gasteiger partial charge < -0.3 is 4.74 Å². The minimum atomic E-state index is -0.245. The Labute approximate surface area is 142 Å². The third kappa shape index (κ3) is 12.6. The predicted molar refractivity (Wildman–Crippen MR) is 99.5 cm³/mol. The number of hydrogen-bond donors (Lipinski definition) is 0. The Kier molecular flexibility index (Phi) is 14.3. The number of aryl methyl sites for hydroxylation is 1. The van der Waals surface area contributed by atoms with Gasteiger partial charge in [0.15, 0.2) is 0 Å². The summed E-state index contributed by atoms with van der Waals surface area (Å²) >= 11 is 0. The number of allylic oxidation sites excluding steroid dienone is 2. The fourth-order valence-electron chi connectivity index (χ4n) is 2.51. The van der Waals surface area contributed by atoms with Gasteiger partial charge in [0.2, 0.25) is 0 Å². The summed E-state index contributed by atoms with van der Waals surface area (Å²) in [7, 11) is 1.35. The first-order valence-corrected chi connectivity index (χ1v) is 8.97. The predicted octanol–water partition coefficient (Wildman–Crippen LogP) is 5.96. The van der Waals surface area contributed by atoms with Crippen LogP contribution in [0.3, 0.4) is 0 Å². The van der Waals surface area contributed by atoms with E-state index in [2.05, 4.69) is 47.2 Å². The average molecular weight is 319 g/mol. The molecule has 0 radical (unpaired) electrons. The molecule has 1 aliphatic carbocycles. The molecule has 1 aromatic carbocycles. The average Bonchev–Trinajstić information content (AvgIpc) is 3.11. The molecule has 0 atom stereocenters. The molecule has 0 unspecified atom stereocenters. The number of rotatable bonds is 5. The minimum Gasteiger partial charge on any atom is -0.469 e. The van der Waals surface area contributed by atoms with Gasteiger partial charge in [-0.15, -0.1) is 0 Å². The SMILES string of the molecule is C(=C\C1CCCC1)/CCCc1ccccc1.CC.COC(C)=O. The van der Waals surface area contributed by atoms with Gasteiger partial charge in [0.1, 0.15) is 0 Å². The van der Waals surface area contributed by atoms with Crippen molar-refractivity contribution in [2.75, 3.05) is 7.11 Å². The summed E-state index contributed by atoms with van der Waals surface area (Å²) in [5.74, 6) is 0.654. The Bertz CT molecular complexity index is 403. The highest BCUT2D eigenvalue weighted by Crippen LogP contribution is 2.25. The second kappa shape index (κ2) is 15.3. The fraction of sp³-hybridized carbons (Fsp3) is 0.571. The monoisotopic (exact) mass is 318 g/mol. The van der Waals surface area contributed by atoms with Crippen molar-refractivity contribution in [1.29, 1.82) is 0 Å². The number of benzene rings is 1. The molecule has 130 valence electrons. The van der Waals surface area contributed by atoms with Crippen molar-refractivity contribution < 1.29 is 9.53 Å². The second-order valence-electron chi connectivity index (χ2n) is 5.55. The van der Waals surface area contributed by atoms with Gasteiger partial charge in [0, 0.05) is 6.92 Å². The molecule has 1 fully saturated rings. The van der Waals surface area contributed by atoms with Crippen molar-refractivity contribution >= 4 is 5.97 Å². The molecule has 0 amide bonds. The van der Waals surface area contributed by atoms with E-state index in [1.807, 2.05) is 13.8 Å². The number of carbonyl (C=O) groups excluding carboxylic acids is 1. The van der Waals surface area contributed by atoms with Crippen LogP contribution in [0.2, 0.25) is 0 Å². The van der Waals surface area contributed by atoms with E-state index in [0.717, 1.165) is 5.92 Å². The summed E-state index contributed by atoms with van der Waals surface area (Å²) in [6, 6.07) is 10.8. The van der Waals surface area contributed by atoms with E-state index in [-0.39, 0.29) is 5.97 Å². The van der Waals surface area contributed by atoms with Gasteiger partial charge in [-0.25, -0.2) is 0 Å². The van der Waals surface area contributed by atoms with Crippen LogP contribution < -0.4 is 0 Å². The molecule has 0 aliphatic heterocycles. The zero-order valence-electron chi connectivity index (χ0n) is 15.4. The Morgan fingerprint density at radius 3 is 2.26 bits per heavy atom. The Hall–Kier alpha value is -1.57. The first kappa shape index (κ1) is 21.4. The maximum absolute atomic E-state index is 9.59. The molecule has 0 aromatic heterocycles. The van der Waals surface area contributed by atoms with Crippen LogP contribution in [0.25, 0.3) is 0 Å². The van der Waals surface area contributed by atoms with E-state index in [0.29, 0.717) is 0 Å². The van der Waals surface area contributed by atoms with E-state index < -0.39 is 0 Å². The zero-order chi connectivity index (χ0) is 17.3. The molecule has 1 aliphatic rings. The fourth-order valence-corrected chi connectivity index (χ4v) is 2.51. The molecular formula is C21H34O2. The highest BCUT2D eigenvalue weighted by Gasteiger charge is 2.10. The molecule has 23 heavy (non-hydrogen) atoms. The van der Waals surface area contributed by atoms with E-state index in [9.17, 15) is 4.79 Å². The minimum absolute atomic E-state index is 0.245. The molecule has 1 aromatic rings. The van der Waals surface area contributed by atoms with Crippen LogP contribution in [-0.2, 0) is 16.0 Å². The quantitative estimate of drug-likeness (QED) is 0.380. The molecule has 1 saturated carbocycles. The van der Waals surface area contributed by atoms with Crippen LogP contribution in [0.1, 0.15) is 64.9 Å². The van der Waals surface area contributed by atoms with Gasteiger partial charge in [-0.05, 0) is 43.6 Å². The number of hydrogen-bond acceptors (Lipinski definition) is 2. The molecule has 2 heteroatoms. The summed E-state index contributed by atoms with van der Waals surface area (Å²) in [4.78, 5) is 9.59. The summed E-state index contributed by atoms with van der Waals surface area (Å²) in [5, 5.41) is 0. The lowest BCUT2D eigenvalue weighted by Crippen LogP contribution is -1.88. The Balaban J connectivity index is 0.000000594.